The summed E-state index contributed by atoms with van der Waals surface area (Å²) in [4.78, 5) is 0. The summed E-state index contributed by atoms with van der Waals surface area (Å²) in [7, 11) is 3.97. The molecule has 1 aromatic carbocycles. The number of benzene rings is 1. The lowest BCUT2D eigenvalue weighted by molar-refractivity contribution is 0.402. The second-order valence-corrected chi connectivity index (χ2v) is 12.9. The molecule has 1 N–H and O–H groups in total. The first kappa shape index (κ1) is 25.5. The van der Waals surface area contributed by atoms with Crippen LogP contribution in [0.2, 0.25) is 0 Å². The monoisotopic (exact) mass is 478 g/mol. The average molecular weight is 479 g/mol. The van der Waals surface area contributed by atoms with Gasteiger partial charge in [-0.15, -0.1) is 0 Å². The molecule has 3 atom stereocenters. The van der Waals surface area contributed by atoms with Crippen molar-refractivity contribution < 1.29 is 14.0 Å². The molecule has 1 fully saturated rings. The van der Waals surface area contributed by atoms with Gasteiger partial charge in [0, 0.05) is 18.0 Å². The lowest BCUT2D eigenvalue weighted by atomic mass is 9.84. The molecule has 32 heavy (non-hydrogen) atoms. The molecule has 5 nitrogen and oxygen atoms in total. The molecule has 7 heteroatoms. The van der Waals surface area contributed by atoms with Crippen LogP contribution in [0.25, 0.3) is 0 Å². The number of epoxide rings is 1. The number of hydrogen-bond acceptors (Lipinski definition) is 4. The topological polar surface area (TPSA) is 46.3 Å². The summed E-state index contributed by atoms with van der Waals surface area (Å²) in [6, 6.07) is 4.36. The summed E-state index contributed by atoms with van der Waals surface area (Å²) in [5.41, 5.74) is 3.72. The minimum atomic E-state index is -2.48. The number of nitrogens with zero attached hydrogens (tertiary/aromatic N) is 1. The molecule has 0 amide bonds. The fraction of sp³-hybridized carbons (Fsp3) is 0.600. The van der Waals surface area contributed by atoms with E-state index in [4.69, 9.17) is 25.8 Å². The second-order valence-electron chi connectivity index (χ2n) is 9.04. The van der Waals surface area contributed by atoms with Crippen molar-refractivity contribution in [1.29, 1.82) is 0 Å². The SMILES string of the molecule is C=COc1cc(CCCCC)cc(OP(=S)(NCC2CO2)N(C)C)c1C1C=C(C)CCC1. The minimum Gasteiger partial charge on any atom is -0.465 e. The van der Waals surface area contributed by atoms with Gasteiger partial charge in [0.1, 0.15) is 11.5 Å². The molecule has 0 bridgehead atoms. The molecule has 1 aromatic rings. The molecule has 3 unspecified atom stereocenters. The van der Waals surface area contributed by atoms with Crippen molar-refractivity contribution >= 4 is 18.4 Å². The van der Waals surface area contributed by atoms with Crippen molar-refractivity contribution in [1.82, 2.24) is 9.76 Å². The summed E-state index contributed by atoms with van der Waals surface area (Å²) in [6.45, 7) is 7.28. The maximum atomic E-state index is 6.74. The van der Waals surface area contributed by atoms with Crippen molar-refractivity contribution in [2.45, 2.75) is 70.8 Å². The first-order valence-corrected chi connectivity index (χ1v) is 14.5. The van der Waals surface area contributed by atoms with Crippen molar-refractivity contribution in [3.8, 4) is 11.5 Å². The third-order valence-corrected chi connectivity index (χ3v) is 9.73. The van der Waals surface area contributed by atoms with Crippen LogP contribution in [-0.4, -0.2) is 38.0 Å². The number of allylic oxidation sites excluding steroid dienone is 2. The van der Waals surface area contributed by atoms with Gasteiger partial charge in [-0.25, -0.2) is 9.76 Å². The third-order valence-electron chi connectivity index (χ3n) is 6.06. The molecule has 1 saturated heterocycles. The van der Waals surface area contributed by atoms with E-state index in [1.165, 1.54) is 30.2 Å². The quantitative estimate of drug-likeness (QED) is 0.118. The Morgan fingerprint density at radius 1 is 1.31 bits per heavy atom. The van der Waals surface area contributed by atoms with E-state index in [2.05, 4.69) is 43.7 Å². The molecule has 3 rings (SSSR count). The zero-order chi connectivity index (χ0) is 23.1. The maximum absolute atomic E-state index is 6.74. The molecule has 0 radical (unpaired) electrons. The van der Waals surface area contributed by atoms with Crippen molar-refractivity contribution in [2.24, 2.45) is 0 Å². The van der Waals surface area contributed by atoms with E-state index >= 15 is 0 Å². The van der Waals surface area contributed by atoms with Crippen molar-refractivity contribution in [3.05, 3.63) is 47.7 Å². The molecule has 178 valence electrons. The van der Waals surface area contributed by atoms with Crippen LogP contribution in [0.3, 0.4) is 0 Å². The number of ether oxygens (including phenoxy) is 2. The highest BCUT2D eigenvalue weighted by molar-refractivity contribution is 8.10. The number of rotatable bonds is 13. The van der Waals surface area contributed by atoms with Gasteiger partial charge in [-0.05, 0) is 82.6 Å². The lowest BCUT2D eigenvalue weighted by Crippen LogP contribution is -2.28. The van der Waals surface area contributed by atoms with Crippen molar-refractivity contribution in [2.75, 3.05) is 27.2 Å². The fourth-order valence-electron chi connectivity index (χ4n) is 4.14. The van der Waals surface area contributed by atoms with Crippen LogP contribution in [-0.2, 0) is 23.0 Å². The lowest BCUT2D eigenvalue weighted by Gasteiger charge is -2.32. The zero-order valence-electron chi connectivity index (χ0n) is 20.1. The Morgan fingerprint density at radius 3 is 2.69 bits per heavy atom. The van der Waals surface area contributed by atoms with Gasteiger partial charge in [0.2, 0.25) is 6.57 Å². The molecule has 0 saturated carbocycles. The normalized spacial score (nSPS) is 22.2. The van der Waals surface area contributed by atoms with Gasteiger partial charge in [-0.1, -0.05) is 38.0 Å². The molecule has 2 aliphatic rings. The number of hydrogen-bond donors (Lipinski definition) is 1. The Bertz CT molecular complexity index is 867. The second kappa shape index (κ2) is 11.8. The number of aryl methyl sites for hydroxylation is 1. The van der Waals surface area contributed by atoms with E-state index in [-0.39, 0.29) is 12.0 Å². The maximum Gasteiger partial charge on any atom is 0.250 e. The van der Waals surface area contributed by atoms with Crippen LogP contribution in [0, 0.1) is 0 Å². The van der Waals surface area contributed by atoms with E-state index < -0.39 is 6.57 Å². The number of unbranched alkanes of at least 4 members (excludes halogenated alkanes) is 2. The Balaban J connectivity index is 2.02. The van der Waals surface area contributed by atoms with Gasteiger partial charge in [-0.2, -0.15) is 0 Å². The van der Waals surface area contributed by atoms with Gasteiger partial charge < -0.3 is 14.0 Å². The summed E-state index contributed by atoms with van der Waals surface area (Å²) >= 11 is 6.07. The Hall–Kier alpha value is -1.17. The summed E-state index contributed by atoms with van der Waals surface area (Å²) in [5.74, 6) is 1.93. The van der Waals surface area contributed by atoms with Crippen LogP contribution in [0.15, 0.2) is 36.6 Å². The molecular weight excluding hydrogens is 439 g/mol. The van der Waals surface area contributed by atoms with Gasteiger partial charge in [0.25, 0.3) is 0 Å². The predicted molar refractivity (Wildman–Crippen MR) is 137 cm³/mol. The highest BCUT2D eigenvalue weighted by Gasteiger charge is 2.31. The van der Waals surface area contributed by atoms with Crippen LogP contribution in [0.1, 0.15) is 69.4 Å². The van der Waals surface area contributed by atoms with Crippen LogP contribution in [0.5, 0.6) is 11.5 Å². The van der Waals surface area contributed by atoms with Gasteiger partial charge in [-0.3, -0.25) is 0 Å². The largest absolute Gasteiger partial charge is 0.465 e. The highest BCUT2D eigenvalue weighted by atomic mass is 32.5. The van der Waals surface area contributed by atoms with Gasteiger partial charge >= 0.3 is 0 Å². The summed E-state index contributed by atoms with van der Waals surface area (Å²) in [6.07, 6.45) is 12.0. The highest BCUT2D eigenvalue weighted by Crippen LogP contribution is 2.51. The zero-order valence-corrected chi connectivity index (χ0v) is 21.8. The number of nitrogens with one attached hydrogen (secondary N) is 1. The van der Waals surface area contributed by atoms with Crippen LogP contribution in [0.4, 0.5) is 0 Å². The first-order valence-electron chi connectivity index (χ1n) is 11.8. The Kier molecular flexibility index (Phi) is 9.39. The van der Waals surface area contributed by atoms with Crippen LogP contribution >= 0.6 is 6.57 Å². The van der Waals surface area contributed by atoms with Crippen molar-refractivity contribution in [3.63, 3.8) is 0 Å². The molecule has 1 aliphatic carbocycles. The standard InChI is InChI=1S/C25H39N2O3PS/c1-6-8-9-12-20-15-23(28-7-2)25(21-13-10-11-19(3)14-21)24(16-20)30-31(32,27(4)5)26-17-22-18-29-22/h7,14-16,21-22H,2,6,8-13,17-18H2,1,3-5H3,(H,26,32). The average Bonchev–Trinajstić information content (AvgIpc) is 3.57. The van der Waals surface area contributed by atoms with E-state index in [0.29, 0.717) is 6.54 Å². The van der Waals surface area contributed by atoms with Gasteiger partial charge in [0.05, 0.1) is 19.0 Å². The molecule has 0 aromatic heterocycles. The smallest absolute Gasteiger partial charge is 0.250 e. The molecule has 1 heterocycles. The molecular formula is C25H39N2O3PS. The molecule has 1 aliphatic heterocycles. The predicted octanol–water partition coefficient (Wildman–Crippen LogP) is 6.31. The summed E-state index contributed by atoms with van der Waals surface area (Å²) < 4.78 is 20.1. The first-order chi connectivity index (χ1) is 15.4. The third kappa shape index (κ3) is 6.91. The van der Waals surface area contributed by atoms with E-state index in [0.717, 1.165) is 55.8 Å². The van der Waals surface area contributed by atoms with E-state index in [1.807, 2.05) is 18.8 Å². The Labute approximate surface area is 199 Å². The van der Waals surface area contributed by atoms with E-state index in [1.54, 1.807) is 0 Å². The van der Waals surface area contributed by atoms with Crippen LogP contribution < -0.4 is 14.3 Å². The molecule has 0 spiro atoms. The summed E-state index contributed by atoms with van der Waals surface area (Å²) in [5, 5.41) is 3.50. The Morgan fingerprint density at radius 2 is 2.06 bits per heavy atom. The van der Waals surface area contributed by atoms with Gasteiger partial charge in [0.15, 0.2) is 0 Å². The van der Waals surface area contributed by atoms with E-state index in [9.17, 15) is 0 Å². The minimum absolute atomic E-state index is 0.240. The fourth-order valence-corrected chi connectivity index (χ4v) is 5.96.